The van der Waals surface area contributed by atoms with Crippen LogP contribution in [0.2, 0.25) is 0 Å². The Morgan fingerprint density at radius 1 is 0.773 bits per heavy atom. The lowest BCUT2D eigenvalue weighted by Gasteiger charge is -2.09. The third-order valence-electron chi connectivity index (χ3n) is 3.97. The van der Waals surface area contributed by atoms with Gasteiger partial charge in [-0.15, -0.1) is 0 Å². The van der Waals surface area contributed by atoms with Crippen molar-refractivity contribution < 1.29 is 4.79 Å². The van der Waals surface area contributed by atoms with Gasteiger partial charge in [-0.25, -0.2) is 0 Å². The number of aromatic nitrogens is 1. The zero-order chi connectivity index (χ0) is 14.9. The number of aldehydes is 1. The summed E-state index contributed by atoms with van der Waals surface area (Å²) in [6, 6.07) is 22.2. The zero-order valence-electron chi connectivity index (χ0n) is 11.9. The summed E-state index contributed by atoms with van der Waals surface area (Å²) in [6.45, 7) is 0. The van der Waals surface area contributed by atoms with E-state index >= 15 is 0 Å². The Balaban J connectivity index is 2.08. The van der Waals surface area contributed by atoms with Gasteiger partial charge in [-0.2, -0.15) is 0 Å². The number of benzene rings is 3. The lowest BCUT2D eigenvalue weighted by Crippen LogP contribution is -1.87. The quantitative estimate of drug-likeness (QED) is 0.388. The topological polar surface area (TPSA) is 30.0 Å². The number of pyridine rings is 1. The lowest BCUT2D eigenvalue weighted by molar-refractivity contribution is 0.112. The second-order valence-electron chi connectivity index (χ2n) is 5.28. The summed E-state index contributed by atoms with van der Waals surface area (Å²) in [6.07, 6.45) is 2.69. The summed E-state index contributed by atoms with van der Waals surface area (Å²) in [5, 5.41) is 3.45. The molecule has 0 saturated carbocycles. The van der Waals surface area contributed by atoms with Gasteiger partial charge in [0.1, 0.15) is 6.29 Å². The molecule has 0 atom stereocenters. The van der Waals surface area contributed by atoms with E-state index in [0.29, 0.717) is 5.56 Å². The minimum atomic E-state index is 0.687. The van der Waals surface area contributed by atoms with Crippen LogP contribution in [0.3, 0.4) is 0 Å². The second kappa shape index (κ2) is 5.08. The maximum atomic E-state index is 10.8. The van der Waals surface area contributed by atoms with Gasteiger partial charge in [0.15, 0.2) is 0 Å². The van der Waals surface area contributed by atoms with Crippen molar-refractivity contribution in [2.24, 2.45) is 0 Å². The van der Waals surface area contributed by atoms with Crippen LogP contribution in [-0.2, 0) is 0 Å². The van der Waals surface area contributed by atoms with Crippen molar-refractivity contribution in [3.05, 3.63) is 78.5 Å². The van der Waals surface area contributed by atoms with Crippen molar-refractivity contribution in [1.29, 1.82) is 0 Å². The largest absolute Gasteiger partial charge is 0.298 e. The Morgan fingerprint density at radius 3 is 2.36 bits per heavy atom. The number of hydrogen-bond donors (Lipinski definition) is 0. The van der Waals surface area contributed by atoms with Crippen LogP contribution in [0.4, 0.5) is 0 Å². The molecule has 0 aliphatic rings. The molecule has 0 radical (unpaired) electrons. The summed E-state index contributed by atoms with van der Waals surface area (Å²) < 4.78 is 0. The summed E-state index contributed by atoms with van der Waals surface area (Å²) in [7, 11) is 0. The average Bonchev–Trinajstić information content (AvgIpc) is 2.61. The molecule has 0 fully saturated rings. The Hall–Kier alpha value is -3.00. The van der Waals surface area contributed by atoms with E-state index in [-0.39, 0.29) is 0 Å². The van der Waals surface area contributed by atoms with Gasteiger partial charge in [0, 0.05) is 22.5 Å². The Kier molecular flexibility index (Phi) is 2.94. The van der Waals surface area contributed by atoms with E-state index in [0.717, 1.165) is 33.7 Å². The number of carbonyl (C=O) groups is 1. The van der Waals surface area contributed by atoms with Crippen molar-refractivity contribution in [3.8, 4) is 11.1 Å². The van der Waals surface area contributed by atoms with Gasteiger partial charge in [-0.05, 0) is 22.6 Å². The average molecular weight is 283 g/mol. The van der Waals surface area contributed by atoms with Crippen LogP contribution in [0.15, 0.2) is 72.9 Å². The highest BCUT2D eigenvalue weighted by Crippen LogP contribution is 2.33. The lowest BCUT2D eigenvalue weighted by atomic mass is 9.95. The first-order chi connectivity index (χ1) is 10.9. The van der Waals surface area contributed by atoms with Crippen LogP contribution < -0.4 is 0 Å². The van der Waals surface area contributed by atoms with Gasteiger partial charge in [0.2, 0.25) is 0 Å². The summed E-state index contributed by atoms with van der Waals surface area (Å²) in [5.74, 6) is 0. The van der Waals surface area contributed by atoms with Crippen molar-refractivity contribution in [2.75, 3.05) is 0 Å². The van der Waals surface area contributed by atoms with Crippen LogP contribution in [-0.4, -0.2) is 11.3 Å². The molecule has 0 unspecified atom stereocenters. The highest BCUT2D eigenvalue weighted by atomic mass is 16.1. The molecule has 3 aromatic carbocycles. The van der Waals surface area contributed by atoms with Crippen LogP contribution in [0.25, 0.3) is 32.8 Å². The van der Waals surface area contributed by atoms with Gasteiger partial charge >= 0.3 is 0 Å². The standard InChI is InChI=1S/C20H13NO/c22-13-14-6-8-15(9-7-14)18-5-1-3-16-10-11-17-4-2-12-21-20(17)19(16)18/h1-13H. The summed E-state index contributed by atoms with van der Waals surface area (Å²) >= 11 is 0. The molecule has 2 nitrogen and oxygen atoms in total. The first-order valence-electron chi connectivity index (χ1n) is 7.19. The third kappa shape index (κ3) is 1.97. The number of nitrogens with zero attached hydrogens (tertiary/aromatic N) is 1. The molecule has 104 valence electrons. The summed E-state index contributed by atoms with van der Waals surface area (Å²) in [4.78, 5) is 15.4. The van der Waals surface area contributed by atoms with E-state index in [9.17, 15) is 4.79 Å². The highest BCUT2D eigenvalue weighted by Gasteiger charge is 2.08. The first kappa shape index (κ1) is 12.7. The van der Waals surface area contributed by atoms with E-state index in [2.05, 4.69) is 41.4 Å². The molecule has 2 heteroatoms. The number of fused-ring (bicyclic) bond motifs is 3. The first-order valence-corrected chi connectivity index (χ1v) is 7.19. The highest BCUT2D eigenvalue weighted by molar-refractivity contribution is 6.12. The molecule has 0 saturated heterocycles. The Morgan fingerprint density at radius 2 is 1.55 bits per heavy atom. The van der Waals surface area contributed by atoms with Crippen LogP contribution in [0.1, 0.15) is 10.4 Å². The van der Waals surface area contributed by atoms with E-state index in [1.807, 2.05) is 36.5 Å². The van der Waals surface area contributed by atoms with Crippen LogP contribution in [0.5, 0.6) is 0 Å². The fourth-order valence-electron chi connectivity index (χ4n) is 2.90. The molecule has 0 aliphatic carbocycles. The molecular weight excluding hydrogens is 270 g/mol. The predicted octanol–water partition coefficient (Wildman–Crippen LogP) is 4.87. The van der Waals surface area contributed by atoms with Crippen molar-refractivity contribution in [2.45, 2.75) is 0 Å². The molecular formula is C20H13NO. The molecule has 22 heavy (non-hydrogen) atoms. The predicted molar refractivity (Wildman–Crippen MR) is 90.1 cm³/mol. The molecule has 4 aromatic rings. The van der Waals surface area contributed by atoms with E-state index < -0.39 is 0 Å². The zero-order valence-corrected chi connectivity index (χ0v) is 11.9. The van der Waals surface area contributed by atoms with E-state index in [1.165, 1.54) is 5.39 Å². The minimum absolute atomic E-state index is 0.687. The molecule has 0 spiro atoms. The normalized spacial score (nSPS) is 10.9. The van der Waals surface area contributed by atoms with Crippen LogP contribution in [0, 0.1) is 0 Å². The fourth-order valence-corrected chi connectivity index (χ4v) is 2.90. The molecule has 1 heterocycles. The van der Waals surface area contributed by atoms with E-state index in [1.54, 1.807) is 0 Å². The maximum absolute atomic E-state index is 10.8. The van der Waals surface area contributed by atoms with Gasteiger partial charge in [0.25, 0.3) is 0 Å². The maximum Gasteiger partial charge on any atom is 0.150 e. The van der Waals surface area contributed by atoms with Gasteiger partial charge in [-0.1, -0.05) is 60.7 Å². The number of hydrogen-bond acceptors (Lipinski definition) is 2. The van der Waals surface area contributed by atoms with Crippen molar-refractivity contribution in [1.82, 2.24) is 4.98 Å². The Labute approximate surface area is 128 Å². The summed E-state index contributed by atoms with van der Waals surface area (Å²) in [5.41, 5.74) is 3.93. The smallest absolute Gasteiger partial charge is 0.150 e. The molecule has 4 rings (SSSR count). The molecule has 0 bridgehead atoms. The van der Waals surface area contributed by atoms with Crippen molar-refractivity contribution in [3.63, 3.8) is 0 Å². The van der Waals surface area contributed by atoms with E-state index in [4.69, 9.17) is 0 Å². The monoisotopic (exact) mass is 283 g/mol. The van der Waals surface area contributed by atoms with Gasteiger partial charge in [0.05, 0.1) is 5.52 Å². The third-order valence-corrected chi connectivity index (χ3v) is 3.97. The van der Waals surface area contributed by atoms with Crippen LogP contribution >= 0.6 is 0 Å². The Bertz CT molecular complexity index is 987. The van der Waals surface area contributed by atoms with Crippen molar-refractivity contribution >= 4 is 28.0 Å². The SMILES string of the molecule is O=Cc1ccc(-c2cccc3ccc4cccnc4c23)cc1. The number of carbonyl (C=O) groups excluding carboxylic acids is 1. The molecule has 0 N–H and O–H groups in total. The van der Waals surface area contributed by atoms with Gasteiger partial charge < -0.3 is 0 Å². The molecule has 0 amide bonds. The molecule has 1 aromatic heterocycles. The molecule has 0 aliphatic heterocycles. The van der Waals surface area contributed by atoms with Gasteiger partial charge in [-0.3, -0.25) is 9.78 Å². The minimum Gasteiger partial charge on any atom is -0.298 e. The second-order valence-corrected chi connectivity index (χ2v) is 5.28. The number of rotatable bonds is 2. The fraction of sp³-hybridized carbons (Fsp3) is 0.